The first kappa shape index (κ1) is 20.8. The molecular weight excluding hydrogens is 404 g/mol. The highest BCUT2D eigenvalue weighted by Gasteiger charge is 2.35. The summed E-state index contributed by atoms with van der Waals surface area (Å²) in [6.45, 7) is 5.25. The molecule has 3 aliphatic rings. The zero-order chi connectivity index (χ0) is 22.1. The normalized spacial score (nSPS) is 20.7. The molecule has 32 heavy (non-hydrogen) atoms. The molecule has 8 nitrogen and oxygen atoms in total. The molecular formula is C24H30N6O2. The van der Waals surface area contributed by atoms with Crippen LogP contribution in [-0.4, -0.2) is 62.7 Å². The van der Waals surface area contributed by atoms with Gasteiger partial charge in [-0.3, -0.25) is 14.6 Å². The Bertz CT molecular complexity index is 1010. The summed E-state index contributed by atoms with van der Waals surface area (Å²) < 4.78 is 0. The highest BCUT2D eigenvalue weighted by Crippen LogP contribution is 2.34. The number of fused-ring (bicyclic) bond motifs is 1. The van der Waals surface area contributed by atoms with E-state index in [1.807, 2.05) is 29.3 Å². The van der Waals surface area contributed by atoms with Gasteiger partial charge in [-0.1, -0.05) is 6.07 Å². The predicted molar refractivity (Wildman–Crippen MR) is 120 cm³/mol. The highest BCUT2D eigenvalue weighted by atomic mass is 16.2. The molecule has 3 aliphatic heterocycles. The van der Waals surface area contributed by atoms with Crippen molar-refractivity contribution in [2.45, 2.75) is 58.0 Å². The van der Waals surface area contributed by atoms with Gasteiger partial charge in [-0.25, -0.2) is 9.97 Å². The Morgan fingerprint density at radius 3 is 2.69 bits per heavy atom. The van der Waals surface area contributed by atoms with E-state index in [-0.39, 0.29) is 24.4 Å². The second kappa shape index (κ2) is 8.84. The van der Waals surface area contributed by atoms with E-state index in [0.717, 1.165) is 61.7 Å². The number of likely N-dealkylation sites (tertiary alicyclic amines) is 2. The van der Waals surface area contributed by atoms with Gasteiger partial charge in [-0.2, -0.15) is 0 Å². The Morgan fingerprint density at radius 2 is 1.91 bits per heavy atom. The fraction of sp³-hybridized carbons (Fsp3) is 0.542. The summed E-state index contributed by atoms with van der Waals surface area (Å²) in [6.07, 6.45) is 7.06. The van der Waals surface area contributed by atoms with Gasteiger partial charge in [0.1, 0.15) is 5.82 Å². The smallest absolute Gasteiger partial charge is 0.242 e. The van der Waals surface area contributed by atoms with Crippen LogP contribution in [0.4, 0.5) is 5.82 Å². The quantitative estimate of drug-likeness (QED) is 0.719. The summed E-state index contributed by atoms with van der Waals surface area (Å²) >= 11 is 0. The molecule has 0 aliphatic carbocycles. The van der Waals surface area contributed by atoms with Crippen LogP contribution in [0.15, 0.2) is 24.4 Å². The number of carbonyl (C=O) groups is 2. The topological polar surface area (TPSA) is 82.5 Å². The summed E-state index contributed by atoms with van der Waals surface area (Å²) in [5, 5.41) is 0. The maximum Gasteiger partial charge on any atom is 0.242 e. The first-order valence-electron chi connectivity index (χ1n) is 11.7. The van der Waals surface area contributed by atoms with Crippen LogP contribution in [0.2, 0.25) is 0 Å². The SMILES string of the molecule is Cc1nc(C2CCCN2C(=O)CN2CCCC2=O)nc2c1CCCN2Cc1ccccn1. The van der Waals surface area contributed by atoms with Gasteiger partial charge >= 0.3 is 0 Å². The van der Waals surface area contributed by atoms with Crippen molar-refractivity contribution < 1.29 is 9.59 Å². The number of nitrogens with zero attached hydrogens (tertiary/aromatic N) is 6. The first-order chi connectivity index (χ1) is 15.6. The lowest BCUT2D eigenvalue weighted by molar-refractivity contribution is -0.139. The van der Waals surface area contributed by atoms with E-state index in [0.29, 0.717) is 26.1 Å². The largest absolute Gasteiger partial charge is 0.350 e. The molecule has 1 unspecified atom stereocenters. The van der Waals surface area contributed by atoms with E-state index >= 15 is 0 Å². The average molecular weight is 435 g/mol. The Morgan fingerprint density at radius 1 is 1.06 bits per heavy atom. The number of hydrogen-bond acceptors (Lipinski definition) is 6. The third kappa shape index (κ3) is 4.06. The lowest BCUT2D eigenvalue weighted by Gasteiger charge is -2.32. The van der Waals surface area contributed by atoms with E-state index in [1.54, 1.807) is 4.90 Å². The Labute approximate surface area is 188 Å². The fourth-order valence-electron chi connectivity index (χ4n) is 5.16. The van der Waals surface area contributed by atoms with E-state index < -0.39 is 0 Å². The van der Waals surface area contributed by atoms with E-state index in [2.05, 4.69) is 16.8 Å². The maximum atomic E-state index is 13.1. The molecule has 1 atom stereocenters. The molecule has 5 rings (SSSR count). The average Bonchev–Trinajstić information content (AvgIpc) is 3.44. The third-order valence-corrected chi connectivity index (χ3v) is 6.81. The molecule has 0 saturated carbocycles. The standard InChI is InChI=1S/C24H30N6O2/c1-17-19-8-4-13-29(15-18-7-2-3-11-25-18)24(19)27-23(26-17)20-9-5-14-30(20)22(32)16-28-12-6-10-21(28)31/h2-3,7,11,20H,4-6,8-10,12-16H2,1H3. The van der Waals surface area contributed by atoms with Crippen molar-refractivity contribution in [2.24, 2.45) is 0 Å². The van der Waals surface area contributed by atoms with Gasteiger partial charge < -0.3 is 14.7 Å². The number of aromatic nitrogens is 3. The van der Waals surface area contributed by atoms with Crippen LogP contribution in [0, 0.1) is 6.92 Å². The maximum absolute atomic E-state index is 13.1. The lowest BCUT2D eigenvalue weighted by Crippen LogP contribution is -2.41. The zero-order valence-corrected chi connectivity index (χ0v) is 18.7. The summed E-state index contributed by atoms with van der Waals surface area (Å²) in [5.41, 5.74) is 3.23. The van der Waals surface area contributed by atoms with Crippen molar-refractivity contribution in [3.8, 4) is 0 Å². The number of rotatable bonds is 5. The number of carbonyl (C=O) groups excluding carboxylic acids is 2. The molecule has 2 aromatic rings. The molecule has 2 saturated heterocycles. The summed E-state index contributed by atoms with van der Waals surface area (Å²) in [5.74, 6) is 1.80. The van der Waals surface area contributed by atoms with E-state index in [9.17, 15) is 9.59 Å². The van der Waals surface area contributed by atoms with Crippen LogP contribution in [0.25, 0.3) is 0 Å². The van der Waals surface area contributed by atoms with Crippen molar-refractivity contribution in [2.75, 3.05) is 31.1 Å². The minimum atomic E-state index is -0.122. The molecule has 2 fully saturated rings. The van der Waals surface area contributed by atoms with Crippen LogP contribution < -0.4 is 4.90 Å². The minimum absolute atomic E-state index is 0.00654. The minimum Gasteiger partial charge on any atom is -0.350 e. The Hall–Kier alpha value is -3.03. The van der Waals surface area contributed by atoms with Gasteiger partial charge in [0, 0.05) is 43.5 Å². The van der Waals surface area contributed by atoms with Crippen molar-refractivity contribution in [1.82, 2.24) is 24.8 Å². The van der Waals surface area contributed by atoms with Crippen LogP contribution in [-0.2, 0) is 22.6 Å². The Balaban J connectivity index is 1.40. The summed E-state index contributed by atoms with van der Waals surface area (Å²) in [6, 6.07) is 5.86. The van der Waals surface area contributed by atoms with Gasteiger partial charge in [-0.05, 0) is 51.2 Å². The number of aryl methyl sites for hydroxylation is 1. The van der Waals surface area contributed by atoms with E-state index in [1.165, 1.54) is 5.56 Å². The first-order valence-corrected chi connectivity index (χ1v) is 11.7. The van der Waals surface area contributed by atoms with Gasteiger partial charge in [0.05, 0.1) is 24.8 Å². The molecule has 8 heteroatoms. The van der Waals surface area contributed by atoms with Gasteiger partial charge in [0.2, 0.25) is 11.8 Å². The molecule has 0 bridgehead atoms. The summed E-state index contributed by atoms with van der Waals surface area (Å²) in [7, 11) is 0. The second-order valence-electron chi connectivity index (χ2n) is 8.98. The molecule has 0 aromatic carbocycles. The number of amides is 2. The van der Waals surface area contributed by atoms with Crippen molar-refractivity contribution in [1.29, 1.82) is 0 Å². The molecule has 0 radical (unpaired) electrons. The summed E-state index contributed by atoms with van der Waals surface area (Å²) in [4.78, 5) is 45.3. The van der Waals surface area contributed by atoms with Gasteiger partial charge in [-0.15, -0.1) is 0 Å². The van der Waals surface area contributed by atoms with Gasteiger partial charge in [0.25, 0.3) is 0 Å². The highest BCUT2D eigenvalue weighted by molar-refractivity contribution is 5.86. The van der Waals surface area contributed by atoms with Crippen LogP contribution in [0.5, 0.6) is 0 Å². The molecule has 0 N–H and O–H groups in total. The molecule has 5 heterocycles. The third-order valence-electron chi connectivity index (χ3n) is 6.81. The monoisotopic (exact) mass is 434 g/mol. The van der Waals surface area contributed by atoms with Crippen LogP contribution in [0.3, 0.4) is 0 Å². The molecule has 2 amide bonds. The molecule has 0 spiro atoms. The predicted octanol–water partition coefficient (Wildman–Crippen LogP) is 2.42. The van der Waals surface area contributed by atoms with E-state index in [4.69, 9.17) is 9.97 Å². The molecule has 168 valence electrons. The van der Waals surface area contributed by atoms with Crippen molar-refractivity contribution in [3.05, 3.63) is 47.2 Å². The number of hydrogen-bond donors (Lipinski definition) is 0. The second-order valence-corrected chi connectivity index (χ2v) is 8.98. The van der Waals surface area contributed by atoms with Crippen LogP contribution >= 0.6 is 0 Å². The van der Waals surface area contributed by atoms with Crippen LogP contribution in [0.1, 0.15) is 60.9 Å². The zero-order valence-electron chi connectivity index (χ0n) is 18.7. The van der Waals surface area contributed by atoms with Crippen molar-refractivity contribution in [3.63, 3.8) is 0 Å². The number of anilines is 1. The van der Waals surface area contributed by atoms with Crippen molar-refractivity contribution >= 4 is 17.6 Å². The number of pyridine rings is 1. The van der Waals surface area contributed by atoms with Gasteiger partial charge in [0.15, 0.2) is 5.82 Å². The fourth-order valence-corrected chi connectivity index (χ4v) is 5.16. The molecule has 2 aromatic heterocycles. The Kier molecular flexibility index (Phi) is 5.76. The lowest BCUT2D eigenvalue weighted by atomic mass is 10.0.